The fourth-order valence-corrected chi connectivity index (χ4v) is 5.24. The van der Waals surface area contributed by atoms with E-state index in [-0.39, 0.29) is 12.3 Å². The number of piperazine rings is 1. The molecule has 5 rings (SSSR count). The summed E-state index contributed by atoms with van der Waals surface area (Å²) in [4.78, 5) is 30.3. The van der Waals surface area contributed by atoms with E-state index in [2.05, 4.69) is 17.0 Å². The third-order valence-corrected chi connectivity index (χ3v) is 7.31. The Bertz CT molecular complexity index is 1490. The molecule has 0 saturated carbocycles. The van der Waals surface area contributed by atoms with E-state index in [0.717, 1.165) is 24.3 Å². The molecule has 0 spiro atoms. The Labute approximate surface area is 227 Å². The third kappa shape index (κ3) is 5.41. The molecular weight excluding hydrogens is 496 g/mol. The van der Waals surface area contributed by atoms with E-state index in [1.54, 1.807) is 33.5 Å². The molecule has 4 aromatic rings. The summed E-state index contributed by atoms with van der Waals surface area (Å²) in [5.74, 6) is 1.29. The van der Waals surface area contributed by atoms with Gasteiger partial charge in [0, 0.05) is 61.9 Å². The van der Waals surface area contributed by atoms with Gasteiger partial charge in [-0.25, -0.2) is 4.79 Å². The van der Waals surface area contributed by atoms with Crippen LogP contribution in [-0.4, -0.2) is 58.3 Å². The quantitative estimate of drug-likeness (QED) is 0.307. The van der Waals surface area contributed by atoms with Crippen molar-refractivity contribution < 1.29 is 23.4 Å². The predicted octanol–water partition coefficient (Wildman–Crippen LogP) is 4.69. The molecular formula is C31H32N2O6. The maximum Gasteiger partial charge on any atom is 0.336 e. The van der Waals surface area contributed by atoms with Gasteiger partial charge >= 0.3 is 5.63 Å². The molecule has 0 aliphatic carbocycles. The van der Waals surface area contributed by atoms with Gasteiger partial charge in [-0.3, -0.25) is 4.79 Å². The standard InChI is InChI=1S/C31H32N2O6/c1-36-23-11-9-21(10-12-23)25(19-28(34)33-17-15-32(16-18-33)22-7-5-4-6-8-22)30-27(38-3)20-26(37-2)24-13-14-29(35)39-31(24)30/h4-14,20,25H,15-19H2,1-3H3/t25-/m1/s1. The summed E-state index contributed by atoms with van der Waals surface area (Å²) < 4.78 is 22.4. The maximum absolute atomic E-state index is 13.8. The lowest BCUT2D eigenvalue weighted by Crippen LogP contribution is -2.49. The lowest BCUT2D eigenvalue weighted by atomic mass is 9.86. The summed E-state index contributed by atoms with van der Waals surface area (Å²) in [6.45, 7) is 2.76. The molecule has 1 amide bonds. The van der Waals surface area contributed by atoms with E-state index < -0.39 is 11.5 Å². The highest BCUT2D eigenvalue weighted by molar-refractivity contribution is 5.90. The molecule has 1 saturated heterocycles. The Kier molecular flexibility index (Phi) is 7.72. The van der Waals surface area contributed by atoms with Crippen molar-refractivity contribution in [2.45, 2.75) is 12.3 Å². The molecule has 0 unspecified atom stereocenters. The first kappa shape index (κ1) is 26.2. The van der Waals surface area contributed by atoms with Crippen molar-refractivity contribution in [1.29, 1.82) is 0 Å². The molecule has 8 heteroatoms. The fourth-order valence-electron chi connectivity index (χ4n) is 5.24. The number of hydrogen-bond acceptors (Lipinski definition) is 7. The number of nitrogens with zero attached hydrogens (tertiary/aromatic N) is 2. The number of ether oxygens (including phenoxy) is 3. The molecule has 1 atom stereocenters. The number of anilines is 1. The van der Waals surface area contributed by atoms with Crippen LogP contribution in [0.25, 0.3) is 11.0 Å². The van der Waals surface area contributed by atoms with Crippen molar-refractivity contribution in [3.63, 3.8) is 0 Å². The van der Waals surface area contributed by atoms with Gasteiger partial charge < -0.3 is 28.4 Å². The van der Waals surface area contributed by atoms with Crippen LogP contribution in [0.4, 0.5) is 5.69 Å². The van der Waals surface area contributed by atoms with Crippen LogP contribution in [0.5, 0.6) is 17.2 Å². The monoisotopic (exact) mass is 528 g/mol. The van der Waals surface area contributed by atoms with E-state index >= 15 is 0 Å². The topological polar surface area (TPSA) is 81.5 Å². The third-order valence-electron chi connectivity index (χ3n) is 7.31. The second kappa shape index (κ2) is 11.5. The zero-order valence-corrected chi connectivity index (χ0v) is 22.4. The Balaban J connectivity index is 1.52. The number of carbonyl (C=O) groups excluding carboxylic acids is 1. The summed E-state index contributed by atoms with van der Waals surface area (Å²) in [7, 11) is 4.72. The second-order valence-corrected chi connectivity index (χ2v) is 9.43. The van der Waals surface area contributed by atoms with Gasteiger partial charge in [-0.15, -0.1) is 0 Å². The molecule has 1 aromatic heterocycles. The number of rotatable bonds is 8. The molecule has 0 radical (unpaired) electrons. The first-order valence-corrected chi connectivity index (χ1v) is 12.9. The zero-order chi connectivity index (χ0) is 27.4. The molecule has 1 aliphatic rings. The van der Waals surface area contributed by atoms with Crippen LogP contribution < -0.4 is 24.7 Å². The molecule has 3 aromatic carbocycles. The van der Waals surface area contributed by atoms with Crippen LogP contribution >= 0.6 is 0 Å². The summed E-state index contributed by atoms with van der Waals surface area (Å²) in [6.07, 6.45) is 0.175. The minimum atomic E-state index is -0.490. The number of methoxy groups -OCH3 is 3. The molecule has 202 valence electrons. The Hall–Kier alpha value is -4.46. The molecule has 1 fully saturated rings. The van der Waals surface area contributed by atoms with Crippen molar-refractivity contribution >= 4 is 22.6 Å². The van der Waals surface area contributed by atoms with E-state index in [1.807, 2.05) is 47.4 Å². The van der Waals surface area contributed by atoms with Gasteiger partial charge in [0.15, 0.2) is 0 Å². The summed E-state index contributed by atoms with van der Waals surface area (Å²) in [6, 6.07) is 22.6. The number of fused-ring (bicyclic) bond motifs is 1. The van der Waals surface area contributed by atoms with Crippen LogP contribution in [0, 0.1) is 0 Å². The molecule has 39 heavy (non-hydrogen) atoms. The van der Waals surface area contributed by atoms with Crippen LogP contribution in [0.1, 0.15) is 23.5 Å². The average molecular weight is 529 g/mol. The number of para-hydroxylation sites is 1. The highest BCUT2D eigenvalue weighted by atomic mass is 16.5. The lowest BCUT2D eigenvalue weighted by molar-refractivity contribution is -0.131. The molecule has 0 bridgehead atoms. The van der Waals surface area contributed by atoms with Gasteiger partial charge in [0.05, 0.1) is 26.7 Å². The van der Waals surface area contributed by atoms with E-state index in [4.69, 9.17) is 18.6 Å². The summed E-state index contributed by atoms with van der Waals surface area (Å²) in [5.41, 5.74) is 2.53. The molecule has 8 nitrogen and oxygen atoms in total. The van der Waals surface area contributed by atoms with Crippen molar-refractivity contribution in [3.05, 3.63) is 94.3 Å². The Morgan fingerprint density at radius 2 is 1.54 bits per heavy atom. The number of hydrogen-bond donors (Lipinski definition) is 0. The van der Waals surface area contributed by atoms with E-state index in [0.29, 0.717) is 46.9 Å². The minimum Gasteiger partial charge on any atom is -0.497 e. The Morgan fingerprint density at radius 3 is 2.18 bits per heavy atom. The van der Waals surface area contributed by atoms with Gasteiger partial charge in [-0.1, -0.05) is 30.3 Å². The normalized spacial score (nSPS) is 14.2. The van der Waals surface area contributed by atoms with Crippen LogP contribution in [0.2, 0.25) is 0 Å². The highest BCUT2D eigenvalue weighted by Crippen LogP contribution is 2.43. The van der Waals surface area contributed by atoms with Gasteiger partial charge in [0.2, 0.25) is 5.91 Å². The highest BCUT2D eigenvalue weighted by Gasteiger charge is 2.30. The number of amides is 1. The fraction of sp³-hybridized carbons (Fsp3) is 0.290. The second-order valence-electron chi connectivity index (χ2n) is 9.43. The van der Waals surface area contributed by atoms with Gasteiger partial charge in [0.25, 0.3) is 0 Å². The lowest BCUT2D eigenvalue weighted by Gasteiger charge is -2.37. The molecule has 0 N–H and O–H groups in total. The number of carbonyl (C=O) groups is 1. The minimum absolute atomic E-state index is 0.0211. The van der Waals surface area contributed by atoms with Gasteiger partial charge in [-0.2, -0.15) is 0 Å². The van der Waals surface area contributed by atoms with E-state index in [9.17, 15) is 9.59 Å². The molecule has 2 heterocycles. The zero-order valence-electron chi connectivity index (χ0n) is 22.4. The first-order valence-electron chi connectivity index (χ1n) is 12.9. The van der Waals surface area contributed by atoms with E-state index in [1.165, 1.54) is 6.07 Å². The SMILES string of the molecule is COc1ccc([C@@H](CC(=O)N2CCN(c3ccccc3)CC2)c2c(OC)cc(OC)c3ccc(=O)oc23)cc1. The van der Waals surface area contributed by atoms with Crippen molar-refractivity contribution in [2.24, 2.45) is 0 Å². The summed E-state index contributed by atoms with van der Waals surface area (Å²) in [5, 5.41) is 0.635. The van der Waals surface area contributed by atoms with Gasteiger partial charge in [0.1, 0.15) is 22.8 Å². The number of benzene rings is 3. The average Bonchev–Trinajstić information content (AvgIpc) is 2.99. The summed E-state index contributed by atoms with van der Waals surface area (Å²) >= 11 is 0. The van der Waals surface area contributed by atoms with Crippen LogP contribution in [0.15, 0.2) is 82.0 Å². The molecule has 1 aliphatic heterocycles. The van der Waals surface area contributed by atoms with Crippen molar-refractivity contribution in [2.75, 3.05) is 52.4 Å². The van der Waals surface area contributed by atoms with Gasteiger partial charge in [-0.05, 0) is 35.9 Å². The largest absolute Gasteiger partial charge is 0.497 e. The predicted molar refractivity (Wildman–Crippen MR) is 150 cm³/mol. The van der Waals surface area contributed by atoms with Crippen molar-refractivity contribution in [3.8, 4) is 17.2 Å². The van der Waals surface area contributed by atoms with Crippen LogP contribution in [0.3, 0.4) is 0 Å². The first-order chi connectivity index (χ1) is 19.0. The van der Waals surface area contributed by atoms with Crippen LogP contribution in [-0.2, 0) is 4.79 Å². The Morgan fingerprint density at radius 1 is 0.846 bits per heavy atom. The maximum atomic E-state index is 13.8. The smallest absolute Gasteiger partial charge is 0.336 e. The van der Waals surface area contributed by atoms with Crippen molar-refractivity contribution in [1.82, 2.24) is 4.90 Å².